The van der Waals surface area contributed by atoms with Gasteiger partial charge < -0.3 is 10.1 Å². The number of hydrogen-bond acceptors (Lipinski definition) is 6. The van der Waals surface area contributed by atoms with Crippen molar-refractivity contribution >= 4 is 27.4 Å². The Morgan fingerprint density at radius 2 is 2.04 bits per heavy atom. The van der Waals surface area contributed by atoms with Crippen molar-refractivity contribution in [3.8, 4) is 5.75 Å². The van der Waals surface area contributed by atoms with Crippen LogP contribution >= 0.6 is 0 Å². The minimum atomic E-state index is -3.14. The zero-order valence-electron chi connectivity index (χ0n) is 14.8. The van der Waals surface area contributed by atoms with Gasteiger partial charge in [0, 0.05) is 24.8 Å². The molecule has 9 heteroatoms. The van der Waals surface area contributed by atoms with Crippen molar-refractivity contribution in [1.82, 2.24) is 10.3 Å². The van der Waals surface area contributed by atoms with E-state index in [-0.39, 0.29) is 47.9 Å². The number of hydrazone groups is 1. The van der Waals surface area contributed by atoms with Crippen LogP contribution < -0.4 is 10.1 Å². The van der Waals surface area contributed by atoms with E-state index < -0.39 is 15.9 Å². The van der Waals surface area contributed by atoms with Crippen molar-refractivity contribution in [3.63, 3.8) is 0 Å². The first-order valence-electron chi connectivity index (χ1n) is 9.05. The summed E-state index contributed by atoms with van der Waals surface area (Å²) in [4.78, 5) is 24.9. The molecule has 2 amide bonds. The van der Waals surface area contributed by atoms with Gasteiger partial charge in [0.1, 0.15) is 11.5 Å². The summed E-state index contributed by atoms with van der Waals surface area (Å²) < 4.78 is 29.0. The lowest BCUT2D eigenvalue weighted by atomic mass is 10.00. The van der Waals surface area contributed by atoms with Crippen LogP contribution in [0.15, 0.2) is 29.4 Å². The van der Waals surface area contributed by atoms with Crippen molar-refractivity contribution in [2.75, 3.05) is 18.1 Å². The third-order valence-corrected chi connectivity index (χ3v) is 6.89. The molecule has 2 atom stereocenters. The summed E-state index contributed by atoms with van der Waals surface area (Å²) in [7, 11) is -3.14. The van der Waals surface area contributed by atoms with E-state index in [1.807, 2.05) is 24.3 Å². The van der Waals surface area contributed by atoms with E-state index in [9.17, 15) is 18.0 Å². The maximum atomic E-state index is 12.7. The Morgan fingerprint density at radius 3 is 2.81 bits per heavy atom. The number of sulfone groups is 1. The Hall–Kier alpha value is -2.42. The Morgan fingerprint density at radius 1 is 1.22 bits per heavy atom. The summed E-state index contributed by atoms with van der Waals surface area (Å²) in [6.07, 6.45) is 1.43. The largest absolute Gasteiger partial charge is 0.493 e. The summed E-state index contributed by atoms with van der Waals surface area (Å²) >= 11 is 0. The first-order chi connectivity index (χ1) is 12.9. The van der Waals surface area contributed by atoms with Crippen LogP contribution in [0.1, 0.15) is 37.3 Å². The SMILES string of the molecule is O=C(NC1CCOc2ccccc21)C1=NN(C2CCS(=O)(=O)C2)C(=O)CC1. The van der Waals surface area contributed by atoms with Crippen LogP contribution in [0.2, 0.25) is 0 Å². The summed E-state index contributed by atoms with van der Waals surface area (Å²) in [6, 6.07) is 6.91. The zero-order chi connectivity index (χ0) is 19.0. The number of amides is 2. The number of nitrogens with one attached hydrogen (secondary N) is 1. The fourth-order valence-electron chi connectivity index (χ4n) is 3.72. The minimum absolute atomic E-state index is 0.0529. The molecule has 3 aliphatic rings. The highest BCUT2D eigenvalue weighted by Crippen LogP contribution is 2.31. The van der Waals surface area contributed by atoms with Gasteiger partial charge >= 0.3 is 0 Å². The van der Waals surface area contributed by atoms with Gasteiger partial charge in [-0.05, 0) is 12.5 Å². The number of para-hydroxylation sites is 1. The van der Waals surface area contributed by atoms with Gasteiger partial charge in [0.2, 0.25) is 5.91 Å². The lowest BCUT2D eigenvalue weighted by molar-refractivity contribution is -0.133. The molecule has 1 fully saturated rings. The molecule has 144 valence electrons. The predicted molar refractivity (Wildman–Crippen MR) is 98.0 cm³/mol. The standard InChI is InChI=1S/C18H21N3O5S/c22-17-6-5-15(20-21(17)12-8-10-27(24,25)11-12)18(23)19-14-7-9-26-16-4-2-1-3-13(14)16/h1-4,12,14H,5-11H2,(H,19,23). The van der Waals surface area contributed by atoms with E-state index in [1.165, 1.54) is 5.01 Å². The molecule has 4 rings (SSSR count). The van der Waals surface area contributed by atoms with Crippen molar-refractivity contribution in [3.05, 3.63) is 29.8 Å². The van der Waals surface area contributed by atoms with Crippen LogP contribution in [-0.4, -0.2) is 55.1 Å². The third-order valence-electron chi connectivity index (χ3n) is 5.14. The average molecular weight is 391 g/mol. The first-order valence-corrected chi connectivity index (χ1v) is 10.9. The van der Waals surface area contributed by atoms with Crippen LogP contribution in [0, 0.1) is 0 Å². The number of fused-ring (bicyclic) bond motifs is 1. The van der Waals surface area contributed by atoms with Gasteiger partial charge in [-0.15, -0.1) is 0 Å². The summed E-state index contributed by atoms with van der Waals surface area (Å²) in [6.45, 7) is 0.513. The maximum Gasteiger partial charge on any atom is 0.267 e. The van der Waals surface area contributed by atoms with E-state index in [1.54, 1.807) is 0 Å². The lowest BCUT2D eigenvalue weighted by Gasteiger charge is -2.29. The molecule has 0 saturated carbocycles. The number of ether oxygens (including phenoxy) is 1. The molecule has 1 aromatic rings. The normalized spacial score (nSPS) is 26.7. The number of rotatable bonds is 3. The third kappa shape index (κ3) is 3.69. The van der Waals surface area contributed by atoms with Gasteiger partial charge in [0.15, 0.2) is 9.84 Å². The van der Waals surface area contributed by atoms with E-state index in [0.717, 1.165) is 11.3 Å². The van der Waals surface area contributed by atoms with Crippen LogP contribution in [0.3, 0.4) is 0 Å². The Balaban J connectivity index is 1.50. The zero-order valence-corrected chi connectivity index (χ0v) is 15.6. The van der Waals surface area contributed by atoms with Gasteiger partial charge in [-0.3, -0.25) is 9.59 Å². The Bertz CT molecular complexity index is 911. The quantitative estimate of drug-likeness (QED) is 0.820. The molecular formula is C18H21N3O5S. The lowest BCUT2D eigenvalue weighted by Crippen LogP contribution is -2.44. The number of carbonyl (C=O) groups excluding carboxylic acids is 2. The second-order valence-corrected chi connectivity index (χ2v) is 9.27. The number of carbonyl (C=O) groups is 2. The first kappa shape index (κ1) is 18.0. The maximum absolute atomic E-state index is 12.7. The summed E-state index contributed by atoms with van der Waals surface area (Å²) in [5, 5.41) is 8.41. The molecule has 0 aliphatic carbocycles. The summed E-state index contributed by atoms with van der Waals surface area (Å²) in [5.41, 5.74) is 1.19. The highest BCUT2D eigenvalue weighted by molar-refractivity contribution is 7.91. The molecule has 8 nitrogen and oxygen atoms in total. The van der Waals surface area contributed by atoms with E-state index in [4.69, 9.17) is 4.74 Å². The average Bonchev–Trinajstić information content (AvgIpc) is 3.02. The molecule has 0 radical (unpaired) electrons. The molecule has 2 unspecified atom stereocenters. The molecule has 3 aliphatic heterocycles. The van der Waals surface area contributed by atoms with Crippen molar-refractivity contribution in [2.45, 2.75) is 37.8 Å². The van der Waals surface area contributed by atoms with Crippen LogP contribution in [-0.2, 0) is 19.4 Å². The van der Waals surface area contributed by atoms with Gasteiger partial charge in [0.05, 0.1) is 30.2 Å². The minimum Gasteiger partial charge on any atom is -0.493 e. The highest BCUT2D eigenvalue weighted by atomic mass is 32.2. The van der Waals surface area contributed by atoms with Crippen LogP contribution in [0.25, 0.3) is 0 Å². The fraction of sp³-hybridized carbons (Fsp3) is 0.500. The van der Waals surface area contributed by atoms with Gasteiger partial charge in [-0.25, -0.2) is 13.4 Å². The molecule has 0 aromatic heterocycles. The molecule has 27 heavy (non-hydrogen) atoms. The van der Waals surface area contributed by atoms with E-state index in [2.05, 4.69) is 10.4 Å². The molecule has 1 saturated heterocycles. The smallest absolute Gasteiger partial charge is 0.267 e. The van der Waals surface area contributed by atoms with Gasteiger partial charge in [-0.1, -0.05) is 18.2 Å². The monoisotopic (exact) mass is 391 g/mol. The van der Waals surface area contributed by atoms with Gasteiger partial charge in [0.25, 0.3) is 5.91 Å². The number of benzene rings is 1. The number of hydrogen-bond donors (Lipinski definition) is 1. The Kier molecular flexibility index (Phi) is 4.63. The van der Waals surface area contributed by atoms with E-state index in [0.29, 0.717) is 19.4 Å². The highest BCUT2D eigenvalue weighted by Gasteiger charge is 2.37. The second kappa shape index (κ2) is 6.95. The van der Waals surface area contributed by atoms with Crippen molar-refractivity contribution in [2.24, 2.45) is 5.10 Å². The van der Waals surface area contributed by atoms with Crippen LogP contribution in [0.5, 0.6) is 5.75 Å². The molecular weight excluding hydrogens is 370 g/mol. The Labute approximate surface area is 157 Å². The predicted octanol–water partition coefficient (Wildman–Crippen LogP) is 0.792. The van der Waals surface area contributed by atoms with Crippen molar-refractivity contribution in [1.29, 1.82) is 0 Å². The second-order valence-electron chi connectivity index (χ2n) is 7.04. The summed E-state index contributed by atoms with van der Waals surface area (Å²) in [5.74, 6) is 0.162. The van der Waals surface area contributed by atoms with Crippen LogP contribution in [0.4, 0.5) is 0 Å². The fourth-order valence-corrected chi connectivity index (χ4v) is 5.41. The number of nitrogens with zero attached hydrogens (tertiary/aromatic N) is 2. The van der Waals surface area contributed by atoms with E-state index >= 15 is 0 Å². The molecule has 1 aromatic carbocycles. The molecule has 1 N–H and O–H groups in total. The van der Waals surface area contributed by atoms with Crippen molar-refractivity contribution < 1.29 is 22.7 Å². The van der Waals surface area contributed by atoms with Gasteiger partial charge in [-0.2, -0.15) is 5.10 Å². The molecule has 0 bridgehead atoms. The topological polar surface area (TPSA) is 105 Å². The molecule has 3 heterocycles. The molecule has 0 spiro atoms.